The average Bonchev–Trinajstić information content (AvgIpc) is 2.43. The standard InChI is InChI=1S/C13H16N4O2/c1-9-8-15-13(17-14)16-12(9)19-11-5-3-2-4-10(11)6-7-18/h2-5,8,18H,6-7,14H2,1H3,(H,15,16,17). The second-order valence-electron chi connectivity index (χ2n) is 4.01. The lowest BCUT2D eigenvalue weighted by molar-refractivity contribution is 0.297. The van der Waals surface area contributed by atoms with Crippen molar-refractivity contribution in [3.63, 3.8) is 0 Å². The van der Waals surface area contributed by atoms with E-state index in [2.05, 4.69) is 15.4 Å². The molecule has 0 saturated carbocycles. The summed E-state index contributed by atoms with van der Waals surface area (Å²) in [7, 11) is 0. The number of anilines is 1. The van der Waals surface area contributed by atoms with Crippen molar-refractivity contribution in [1.82, 2.24) is 9.97 Å². The van der Waals surface area contributed by atoms with Gasteiger partial charge in [0.05, 0.1) is 0 Å². The Kier molecular flexibility index (Phi) is 4.27. The van der Waals surface area contributed by atoms with Gasteiger partial charge in [-0.2, -0.15) is 4.98 Å². The molecule has 0 aliphatic rings. The van der Waals surface area contributed by atoms with Crippen molar-refractivity contribution in [2.24, 2.45) is 5.84 Å². The molecular weight excluding hydrogens is 244 g/mol. The Labute approximate surface area is 111 Å². The molecule has 2 aromatic rings. The number of nitrogens with one attached hydrogen (secondary N) is 1. The molecular formula is C13H16N4O2. The van der Waals surface area contributed by atoms with E-state index in [1.165, 1.54) is 0 Å². The maximum atomic E-state index is 9.04. The molecule has 0 atom stereocenters. The quantitative estimate of drug-likeness (QED) is 0.556. The third kappa shape index (κ3) is 3.18. The van der Waals surface area contributed by atoms with E-state index in [0.717, 1.165) is 11.1 Å². The lowest BCUT2D eigenvalue weighted by atomic mass is 10.1. The maximum absolute atomic E-state index is 9.04. The number of ether oxygens (including phenoxy) is 1. The van der Waals surface area contributed by atoms with Crippen molar-refractivity contribution < 1.29 is 9.84 Å². The van der Waals surface area contributed by atoms with Crippen molar-refractivity contribution in [3.05, 3.63) is 41.6 Å². The molecule has 4 N–H and O–H groups in total. The molecule has 0 unspecified atom stereocenters. The molecule has 100 valence electrons. The van der Waals surface area contributed by atoms with Crippen LogP contribution >= 0.6 is 0 Å². The molecule has 2 rings (SSSR count). The van der Waals surface area contributed by atoms with E-state index in [-0.39, 0.29) is 6.61 Å². The monoisotopic (exact) mass is 260 g/mol. The van der Waals surface area contributed by atoms with Gasteiger partial charge in [-0.25, -0.2) is 10.8 Å². The Hall–Kier alpha value is -2.18. The van der Waals surface area contributed by atoms with Crippen molar-refractivity contribution in [3.8, 4) is 11.6 Å². The second-order valence-corrected chi connectivity index (χ2v) is 4.01. The van der Waals surface area contributed by atoms with E-state index < -0.39 is 0 Å². The number of nitrogen functional groups attached to an aromatic ring is 1. The van der Waals surface area contributed by atoms with E-state index in [4.69, 9.17) is 15.7 Å². The molecule has 1 aromatic carbocycles. The molecule has 0 radical (unpaired) electrons. The number of aryl methyl sites for hydroxylation is 1. The normalized spacial score (nSPS) is 10.3. The minimum absolute atomic E-state index is 0.0682. The van der Waals surface area contributed by atoms with Gasteiger partial charge in [-0.05, 0) is 25.0 Å². The topological polar surface area (TPSA) is 93.3 Å². The zero-order valence-electron chi connectivity index (χ0n) is 10.6. The van der Waals surface area contributed by atoms with Gasteiger partial charge in [0.1, 0.15) is 5.75 Å². The van der Waals surface area contributed by atoms with Crippen LogP contribution in [0.2, 0.25) is 0 Å². The molecule has 1 heterocycles. The van der Waals surface area contributed by atoms with E-state index >= 15 is 0 Å². The third-order valence-electron chi connectivity index (χ3n) is 2.61. The van der Waals surface area contributed by atoms with Crippen LogP contribution in [0.4, 0.5) is 5.95 Å². The van der Waals surface area contributed by atoms with Gasteiger partial charge in [-0.3, -0.25) is 5.43 Å². The van der Waals surface area contributed by atoms with Gasteiger partial charge < -0.3 is 9.84 Å². The molecule has 1 aromatic heterocycles. The van der Waals surface area contributed by atoms with Gasteiger partial charge >= 0.3 is 0 Å². The predicted molar refractivity (Wildman–Crippen MR) is 71.9 cm³/mol. The molecule has 0 fully saturated rings. The van der Waals surface area contributed by atoms with Gasteiger partial charge in [0.25, 0.3) is 0 Å². The maximum Gasteiger partial charge on any atom is 0.240 e. The minimum atomic E-state index is 0.0682. The number of aliphatic hydroxyl groups excluding tert-OH is 1. The number of nitrogens with zero attached hydrogens (tertiary/aromatic N) is 2. The Morgan fingerprint density at radius 1 is 1.37 bits per heavy atom. The highest BCUT2D eigenvalue weighted by Gasteiger charge is 2.08. The lowest BCUT2D eigenvalue weighted by Crippen LogP contribution is -2.11. The van der Waals surface area contributed by atoms with Gasteiger partial charge in [0.2, 0.25) is 11.8 Å². The van der Waals surface area contributed by atoms with Crippen molar-refractivity contribution >= 4 is 5.95 Å². The second kappa shape index (κ2) is 6.12. The molecule has 6 nitrogen and oxygen atoms in total. The summed E-state index contributed by atoms with van der Waals surface area (Å²) in [6, 6.07) is 7.51. The summed E-state index contributed by atoms with van der Waals surface area (Å²) in [5.74, 6) is 6.67. The van der Waals surface area contributed by atoms with Crippen molar-refractivity contribution in [2.75, 3.05) is 12.0 Å². The number of hydrazine groups is 1. The lowest BCUT2D eigenvalue weighted by Gasteiger charge is -2.11. The molecule has 19 heavy (non-hydrogen) atoms. The van der Waals surface area contributed by atoms with Crippen LogP contribution in [0.3, 0.4) is 0 Å². The number of aromatic nitrogens is 2. The summed E-state index contributed by atoms with van der Waals surface area (Å²) in [6.45, 7) is 1.92. The van der Waals surface area contributed by atoms with E-state index in [1.54, 1.807) is 6.20 Å². The number of aliphatic hydroxyl groups is 1. The molecule has 0 aliphatic heterocycles. The summed E-state index contributed by atoms with van der Waals surface area (Å²) in [5.41, 5.74) is 4.10. The van der Waals surface area contributed by atoms with Crippen molar-refractivity contribution in [1.29, 1.82) is 0 Å². The van der Waals surface area contributed by atoms with Gasteiger partial charge in [0, 0.05) is 18.4 Å². The first-order valence-electron chi connectivity index (χ1n) is 5.91. The Bertz CT molecular complexity index is 560. The first kappa shape index (κ1) is 13.3. The molecule has 0 amide bonds. The Morgan fingerprint density at radius 2 is 2.16 bits per heavy atom. The van der Waals surface area contributed by atoms with Crippen LogP contribution in [-0.2, 0) is 6.42 Å². The van der Waals surface area contributed by atoms with Crippen molar-refractivity contribution in [2.45, 2.75) is 13.3 Å². The third-order valence-corrected chi connectivity index (χ3v) is 2.61. The zero-order chi connectivity index (χ0) is 13.7. The van der Waals surface area contributed by atoms with Crippen LogP contribution < -0.4 is 16.0 Å². The van der Waals surface area contributed by atoms with Crippen LogP contribution in [0.25, 0.3) is 0 Å². The van der Waals surface area contributed by atoms with Gasteiger partial charge in [0.15, 0.2) is 0 Å². The van der Waals surface area contributed by atoms with Crippen LogP contribution in [0.15, 0.2) is 30.5 Å². The fourth-order valence-electron chi connectivity index (χ4n) is 1.63. The minimum Gasteiger partial charge on any atom is -0.438 e. The highest BCUT2D eigenvalue weighted by atomic mass is 16.5. The van der Waals surface area contributed by atoms with Crippen LogP contribution in [0.5, 0.6) is 11.6 Å². The number of nitrogens with two attached hydrogens (primary N) is 1. The smallest absolute Gasteiger partial charge is 0.240 e. The first-order valence-corrected chi connectivity index (χ1v) is 5.91. The van der Waals surface area contributed by atoms with E-state index in [0.29, 0.717) is 24.0 Å². The summed E-state index contributed by atoms with van der Waals surface area (Å²) in [4.78, 5) is 8.15. The highest BCUT2D eigenvalue weighted by Crippen LogP contribution is 2.26. The fraction of sp³-hybridized carbons (Fsp3) is 0.231. The van der Waals surface area contributed by atoms with Gasteiger partial charge in [-0.1, -0.05) is 18.2 Å². The van der Waals surface area contributed by atoms with Crippen LogP contribution in [0, 0.1) is 6.92 Å². The summed E-state index contributed by atoms with van der Waals surface area (Å²) < 4.78 is 5.78. The van der Waals surface area contributed by atoms with E-state index in [9.17, 15) is 0 Å². The average molecular weight is 260 g/mol. The van der Waals surface area contributed by atoms with Crippen LogP contribution in [0.1, 0.15) is 11.1 Å². The molecule has 0 bridgehead atoms. The number of hydrogen-bond donors (Lipinski definition) is 3. The number of rotatable bonds is 5. The molecule has 0 spiro atoms. The zero-order valence-corrected chi connectivity index (χ0v) is 10.6. The number of benzene rings is 1. The van der Waals surface area contributed by atoms with E-state index in [1.807, 2.05) is 31.2 Å². The number of para-hydroxylation sites is 1. The SMILES string of the molecule is Cc1cnc(NN)nc1Oc1ccccc1CCO. The summed E-state index contributed by atoms with van der Waals surface area (Å²) in [6.07, 6.45) is 2.16. The molecule has 6 heteroatoms. The van der Waals surface area contributed by atoms with Crippen LogP contribution in [-0.4, -0.2) is 21.7 Å². The summed E-state index contributed by atoms with van der Waals surface area (Å²) >= 11 is 0. The summed E-state index contributed by atoms with van der Waals surface area (Å²) in [5, 5.41) is 9.04. The first-order chi connectivity index (χ1) is 9.24. The predicted octanol–water partition coefficient (Wildman–Crippen LogP) is 1.40. The Morgan fingerprint density at radius 3 is 2.89 bits per heavy atom. The Balaban J connectivity index is 2.30. The fourth-order valence-corrected chi connectivity index (χ4v) is 1.63. The largest absolute Gasteiger partial charge is 0.438 e. The molecule has 0 saturated heterocycles. The van der Waals surface area contributed by atoms with Gasteiger partial charge in [-0.15, -0.1) is 0 Å². The highest BCUT2D eigenvalue weighted by molar-refractivity contribution is 5.39. The number of hydrogen-bond acceptors (Lipinski definition) is 6. The molecule has 0 aliphatic carbocycles.